The highest BCUT2D eigenvalue weighted by Gasteiger charge is 2.20. The maximum atomic E-state index is 12.9. The Morgan fingerprint density at radius 3 is 2.93 bits per heavy atom. The van der Waals surface area contributed by atoms with E-state index in [1.807, 2.05) is 19.1 Å². The molecule has 0 saturated heterocycles. The van der Waals surface area contributed by atoms with Gasteiger partial charge in [0.15, 0.2) is 5.75 Å². The summed E-state index contributed by atoms with van der Waals surface area (Å²) in [4.78, 5) is 24.5. The van der Waals surface area contributed by atoms with E-state index >= 15 is 0 Å². The van der Waals surface area contributed by atoms with Crippen LogP contribution < -0.4 is 10.1 Å². The number of hydrogen-bond donors (Lipinski definition) is 2. The van der Waals surface area contributed by atoms with Crippen molar-refractivity contribution in [1.82, 2.24) is 15.0 Å². The highest BCUT2D eigenvalue weighted by molar-refractivity contribution is 6.35. The van der Waals surface area contributed by atoms with E-state index in [2.05, 4.69) is 20.3 Å². The number of nitrogens with one attached hydrogen (secondary N) is 2. The average Bonchev–Trinajstić information content (AvgIpc) is 3.03. The number of carbonyl (C=O) groups is 1. The SMILES string of the molecule is CCOc1c(Cl)cc2c([nH]c3cnccc32)c1NC(=O)c1cccnc1C. The Hall–Kier alpha value is -3.12. The van der Waals surface area contributed by atoms with E-state index < -0.39 is 0 Å². The van der Waals surface area contributed by atoms with Crippen LogP contribution in [0.15, 0.2) is 42.9 Å². The smallest absolute Gasteiger partial charge is 0.257 e. The molecule has 2 N–H and O–H groups in total. The van der Waals surface area contributed by atoms with E-state index in [1.165, 1.54) is 0 Å². The Kier molecular flexibility index (Phi) is 4.41. The van der Waals surface area contributed by atoms with E-state index in [0.29, 0.717) is 34.3 Å². The molecule has 4 aromatic rings. The molecular formula is C20H17ClN4O2. The van der Waals surface area contributed by atoms with Crippen LogP contribution >= 0.6 is 11.6 Å². The maximum absolute atomic E-state index is 12.9. The van der Waals surface area contributed by atoms with E-state index in [0.717, 1.165) is 21.8 Å². The van der Waals surface area contributed by atoms with Gasteiger partial charge in [-0.25, -0.2) is 0 Å². The first-order valence-electron chi connectivity index (χ1n) is 8.53. The molecule has 3 aromatic heterocycles. The quantitative estimate of drug-likeness (QED) is 0.536. The molecule has 0 radical (unpaired) electrons. The lowest BCUT2D eigenvalue weighted by Crippen LogP contribution is -2.15. The van der Waals surface area contributed by atoms with Gasteiger partial charge in [0.05, 0.1) is 34.4 Å². The third-order valence-corrected chi connectivity index (χ3v) is 4.66. The molecule has 7 heteroatoms. The lowest BCUT2D eigenvalue weighted by Gasteiger charge is -2.15. The Labute approximate surface area is 160 Å². The van der Waals surface area contributed by atoms with Gasteiger partial charge in [0.25, 0.3) is 5.91 Å². The second-order valence-electron chi connectivity index (χ2n) is 6.05. The molecule has 0 spiro atoms. The molecule has 0 bridgehead atoms. The summed E-state index contributed by atoms with van der Waals surface area (Å²) in [5.74, 6) is 0.156. The van der Waals surface area contributed by atoms with Crippen LogP contribution in [0, 0.1) is 6.92 Å². The first-order valence-corrected chi connectivity index (χ1v) is 8.91. The van der Waals surface area contributed by atoms with Crippen LogP contribution in [0.3, 0.4) is 0 Å². The van der Waals surface area contributed by atoms with Gasteiger partial charge in [-0.1, -0.05) is 11.6 Å². The van der Waals surface area contributed by atoms with E-state index in [-0.39, 0.29) is 5.91 Å². The summed E-state index contributed by atoms with van der Waals surface area (Å²) in [5.41, 5.74) is 3.23. The number of pyridine rings is 2. The molecule has 0 aliphatic heterocycles. The minimum Gasteiger partial charge on any atom is -0.490 e. The molecule has 4 rings (SSSR count). The van der Waals surface area contributed by atoms with Crippen molar-refractivity contribution in [2.45, 2.75) is 13.8 Å². The number of H-pyrrole nitrogens is 1. The minimum atomic E-state index is -0.276. The summed E-state index contributed by atoms with van der Waals surface area (Å²) in [6.45, 7) is 4.08. The third-order valence-electron chi connectivity index (χ3n) is 4.38. The second kappa shape index (κ2) is 6.89. The molecule has 1 amide bonds. The fourth-order valence-electron chi connectivity index (χ4n) is 3.15. The van der Waals surface area contributed by atoms with Crippen molar-refractivity contribution in [3.8, 4) is 5.75 Å². The van der Waals surface area contributed by atoms with Gasteiger partial charge >= 0.3 is 0 Å². The summed E-state index contributed by atoms with van der Waals surface area (Å²) in [6, 6.07) is 7.20. The van der Waals surface area contributed by atoms with Crippen molar-refractivity contribution in [3.05, 3.63) is 59.1 Å². The molecule has 1 aromatic carbocycles. The molecule has 0 unspecified atom stereocenters. The Balaban J connectivity index is 1.92. The van der Waals surface area contributed by atoms with Crippen LogP contribution in [0.5, 0.6) is 5.75 Å². The van der Waals surface area contributed by atoms with E-state index in [1.54, 1.807) is 37.6 Å². The molecular weight excluding hydrogens is 364 g/mol. The average molecular weight is 381 g/mol. The van der Waals surface area contributed by atoms with Gasteiger partial charge in [-0.15, -0.1) is 0 Å². The van der Waals surface area contributed by atoms with E-state index in [4.69, 9.17) is 16.3 Å². The van der Waals surface area contributed by atoms with Gasteiger partial charge in [0.2, 0.25) is 0 Å². The number of hydrogen-bond acceptors (Lipinski definition) is 4. The topological polar surface area (TPSA) is 79.9 Å². The van der Waals surface area contributed by atoms with Crippen molar-refractivity contribution in [3.63, 3.8) is 0 Å². The summed E-state index contributed by atoms with van der Waals surface area (Å²) >= 11 is 6.49. The van der Waals surface area contributed by atoms with Gasteiger partial charge < -0.3 is 15.0 Å². The molecule has 0 saturated carbocycles. The normalized spacial score (nSPS) is 11.1. The molecule has 6 nitrogen and oxygen atoms in total. The molecule has 3 heterocycles. The number of amides is 1. The fourth-order valence-corrected chi connectivity index (χ4v) is 3.41. The van der Waals surface area contributed by atoms with Crippen molar-refractivity contribution < 1.29 is 9.53 Å². The Morgan fingerprint density at radius 2 is 2.15 bits per heavy atom. The lowest BCUT2D eigenvalue weighted by molar-refractivity contribution is 0.102. The number of rotatable bonds is 4. The zero-order valence-corrected chi connectivity index (χ0v) is 15.6. The Morgan fingerprint density at radius 1 is 1.30 bits per heavy atom. The number of benzene rings is 1. The number of ether oxygens (including phenoxy) is 1. The number of fused-ring (bicyclic) bond motifs is 3. The number of aromatic amines is 1. The number of halogens is 1. The standard InChI is InChI=1S/C20H17ClN4O2/c1-3-27-19-15(21)9-14-13-6-8-22-10-16(13)24-17(14)18(19)25-20(26)12-5-4-7-23-11(12)2/h4-10,24H,3H2,1-2H3,(H,25,26). The highest BCUT2D eigenvalue weighted by Crippen LogP contribution is 2.42. The van der Waals surface area contributed by atoms with Crippen LogP contribution in [0.4, 0.5) is 5.69 Å². The van der Waals surface area contributed by atoms with Gasteiger partial charge in [-0.3, -0.25) is 14.8 Å². The van der Waals surface area contributed by atoms with Crippen LogP contribution in [0.25, 0.3) is 21.8 Å². The predicted octanol–water partition coefficient (Wildman–Crippen LogP) is 4.72. The monoisotopic (exact) mass is 380 g/mol. The predicted molar refractivity (Wildman–Crippen MR) is 107 cm³/mol. The number of carbonyl (C=O) groups excluding carboxylic acids is 1. The van der Waals surface area contributed by atoms with Gasteiger partial charge in [0, 0.05) is 28.9 Å². The van der Waals surface area contributed by atoms with Crippen LogP contribution in [0.1, 0.15) is 23.0 Å². The summed E-state index contributed by atoms with van der Waals surface area (Å²) in [7, 11) is 0. The summed E-state index contributed by atoms with van der Waals surface area (Å²) in [5, 5.41) is 5.25. The highest BCUT2D eigenvalue weighted by atomic mass is 35.5. The molecule has 136 valence electrons. The Bertz CT molecular complexity index is 1170. The zero-order chi connectivity index (χ0) is 19.0. The first kappa shape index (κ1) is 17.3. The largest absolute Gasteiger partial charge is 0.490 e. The molecule has 0 aliphatic rings. The van der Waals surface area contributed by atoms with Crippen LogP contribution in [-0.4, -0.2) is 27.5 Å². The number of aryl methyl sites for hydroxylation is 1. The van der Waals surface area contributed by atoms with Gasteiger partial charge in [0.1, 0.15) is 5.69 Å². The van der Waals surface area contributed by atoms with Crippen molar-refractivity contribution >= 4 is 45.0 Å². The molecule has 0 aliphatic carbocycles. The summed E-state index contributed by atoms with van der Waals surface area (Å²) < 4.78 is 5.74. The fraction of sp³-hybridized carbons (Fsp3) is 0.150. The second-order valence-corrected chi connectivity index (χ2v) is 6.46. The number of nitrogens with zero attached hydrogens (tertiary/aromatic N) is 2. The molecule has 0 atom stereocenters. The van der Waals surface area contributed by atoms with Gasteiger partial charge in [-0.2, -0.15) is 0 Å². The van der Waals surface area contributed by atoms with Crippen molar-refractivity contribution in [2.75, 3.05) is 11.9 Å². The summed E-state index contributed by atoms with van der Waals surface area (Å²) in [6.07, 6.45) is 5.11. The van der Waals surface area contributed by atoms with Gasteiger partial charge in [-0.05, 0) is 38.1 Å². The zero-order valence-electron chi connectivity index (χ0n) is 14.8. The molecule has 27 heavy (non-hydrogen) atoms. The number of anilines is 1. The lowest BCUT2D eigenvalue weighted by atomic mass is 10.1. The van der Waals surface area contributed by atoms with Crippen molar-refractivity contribution in [2.24, 2.45) is 0 Å². The van der Waals surface area contributed by atoms with Crippen LogP contribution in [0.2, 0.25) is 5.02 Å². The van der Waals surface area contributed by atoms with Crippen molar-refractivity contribution in [1.29, 1.82) is 0 Å². The van der Waals surface area contributed by atoms with E-state index in [9.17, 15) is 4.79 Å². The minimum absolute atomic E-state index is 0.276. The van der Waals surface area contributed by atoms with Crippen LogP contribution in [-0.2, 0) is 0 Å². The third kappa shape index (κ3) is 2.98. The maximum Gasteiger partial charge on any atom is 0.257 e. The first-order chi connectivity index (χ1) is 13.1. The number of aromatic nitrogens is 3. The molecule has 0 fully saturated rings.